The van der Waals surface area contributed by atoms with E-state index in [-0.39, 0.29) is 5.91 Å². The second kappa shape index (κ2) is 7.61. The Morgan fingerprint density at radius 3 is 2.78 bits per heavy atom. The number of hydrogen-bond donors (Lipinski definition) is 1. The van der Waals surface area contributed by atoms with Crippen molar-refractivity contribution in [1.29, 1.82) is 0 Å². The Morgan fingerprint density at radius 1 is 1.35 bits per heavy atom. The van der Waals surface area contributed by atoms with Crippen molar-refractivity contribution in [3.05, 3.63) is 39.3 Å². The standard InChI is InChI=1S/C15H16BrClN4OS/c16-11-1-2-13(12(17)9-11)19-14(22)10-20-4-6-21(7-5-20)15-18-3-8-23-15/h1-3,8-9H,4-7,10H2,(H,19,22). The smallest absolute Gasteiger partial charge is 0.238 e. The maximum Gasteiger partial charge on any atom is 0.238 e. The van der Waals surface area contributed by atoms with Crippen LogP contribution in [-0.2, 0) is 4.79 Å². The average Bonchev–Trinajstić information content (AvgIpc) is 3.05. The molecule has 122 valence electrons. The van der Waals surface area contributed by atoms with Crippen LogP contribution in [0.2, 0.25) is 5.02 Å². The zero-order valence-electron chi connectivity index (χ0n) is 12.3. The molecule has 23 heavy (non-hydrogen) atoms. The van der Waals surface area contributed by atoms with Crippen molar-refractivity contribution in [2.24, 2.45) is 0 Å². The number of rotatable bonds is 4. The average molecular weight is 416 g/mol. The van der Waals surface area contributed by atoms with Crippen LogP contribution in [0, 0.1) is 0 Å². The van der Waals surface area contributed by atoms with E-state index in [0.717, 1.165) is 35.8 Å². The van der Waals surface area contributed by atoms with Gasteiger partial charge < -0.3 is 10.2 Å². The predicted molar refractivity (Wildman–Crippen MR) is 98.5 cm³/mol. The number of benzene rings is 1. The molecule has 0 aliphatic carbocycles. The number of amides is 1. The van der Waals surface area contributed by atoms with Crippen LogP contribution in [0.5, 0.6) is 0 Å². The van der Waals surface area contributed by atoms with Crippen molar-refractivity contribution >= 4 is 55.6 Å². The monoisotopic (exact) mass is 414 g/mol. The van der Waals surface area contributed by atoms with Gasteiger partial charge in [-0.1, -0.05) is 27.5 Å². The van der Waals surface area contributed by atoms with E-state index in [0.29, 0.717) is 17.3 Å². The summed E-state index contributed by atoms with van der Waals surface area (Å²) in [7, 11) is 0. The molecule has 1 N–H and O–H groups in total. The van der Waals surface area contributed by atoms with E-state index in [9.17, 15) is 4.79 Å². The normalized spacial score (nSPS) is 15.7. The minimum Gasteiger partial charge on any atom is -0.346 e. The van der Waals surface area contributed by atoms with Crippen LogP contribution >= 0.6 is 38.9 Å². The summed E-state index contributed by atoms with van der Waals surface area (Å²) in [5.41, 5.74) is 0.640. The van der Waals surface area contributed by atoms with Crippen LogP contribution < -0.4 is 10.2 Å². The summed E-state index contributed by atoms with van der Waals surface area (Å²) in [6, 6.07) is 5.42. The van der Waals surface area contributed by atoms with E-state index >= 15 is 0 Å². The number of nitrogens with one attached hydrogen (secondary N) is 1. The van der Waals surface area contributed by atoms with Crippen LogP contribution in [0.4, 0.5) is 10.8 Å². The van der Waals surface area contributed by atoms with Crippen LogP contribution in [-0.4, -0.2) is 48.5 Å². The summed E-state index contributed by atoms with van der Waals surface area (Å²) < 4.78 is 0.888. The largest absolute Gasteiger partial charge is 0.346 e. The van der Waals surface area contributed by atoms with E-state index in [4.69, 9.17) is 11.6 Å². The lowest BCUT2D eigenvalue weighted by molar-refractivity contribution is -0.117. The van der Waals surface area contributed by atoms with E-state index in [1.807, 2.05) is 17.6 Å². The quantitative estimate of drug-likeness (QED) is 0.832. The molecule has 1 saturated heterocycles. The van der Waals surface area contributed by atoms with Gasteiger partial charge in [-0.15, -0.1) is 11.3 Å². The van der Waals surface area contributed by atoms with Gasteiger partial charge in [0.05, 0.1) is 17.3 Å². The molecule has 0 saturated carbocycles. The number of halogens is 2. The summed E-state index contributed by atoms with van der Waals surface area (Å²) in [4.78, 5) is 20.9. The fourth-order valence-corrected chi connectivity index (χ4v) is 3.87. The summed E-state index contributed by atoms with van der Waals surface area (Å²) in [6.07, 6.45) is 1.82. The highest BCUT2D eigenvalue weighted by Crippen LogP contribution is 2.25. The first kappa shape index (κ1) is 16.7. The Kier molecular flexibility index (Phi) is 5.53. The molecule has 2 aromatic rings. The molecule has 1 fully saturated rings. The maximum absolute atomic E-state index is 12.2. The first-order valence-electron chi connectivity index (χ1n) is 7.23. The number of carbonyl (C=O) groups is 1. The van der Waals surface area contributed by atoms with Crippen molar-refractivity contribution in [3.63, 3.8) is 0 Å². The molecule has 1 amide bonds. The number of hydrogen-bond acceptors (Lipinski definition) is 5. The minimum atomic E-state index is -0.0445. The van der Waals surface area contributed by atoms with Crippen molar-refractivity contribution in [2.75, 3.05) is 42.9 Å². The van der Waals surface area contributed by atoms with Gasteiger partial charge >= 0.3 is 0 Å². The highest BCUT2D eigenvalue weighted by atomic mass is 79.9. The Balaban J connectivity index is 1.49. The first-order chi connectivity index (χ1) is 11.1. The Morgan fingerprint density at radius 2 is 2.13 bits per heavy atom. The lowest BCUT2D eigenvalue weighted by Gasteiger charge is -2.34. The summed E-state index contributed by atoms with van der Waals surface area (Å²) in [5.74, 6) is -0.0445. The van der Waals surface area contributed by atoms with Crippen molar-refractivity contribution in [3.8, 4) is 0 Å². The molecular weight excluding hydrogens is 400 g/mol. The van der Waals surface area contributed by atoms with Gasteiger partial charge in [0, 0.05) is 42.2 Å². The Hall–Kier alpha value is -1.15. The third-order valence-corrected chi connectivity index (χ3v) is 5.27. The van der Waals surface area contributed by atoms with Crippen LogP contribution in [0.1, 0.15) is 0 Å². The molecule has 1 aromatic carbocycles. The number of nitrogens with zero attached hydrogens (tertiary/aromatic N) is 3. The second-order valence-corrected chi connectivity index (χ2v) is 7.45. The molecule has 1 aliphatic rings. The number of thiazole rings is 1. The molecule has 0 radical (unpaired) electrons. The van der Waals surface area contributed by atoms with Gasteiger partial charge in [-0.25, -0.2) is 4.98 Å². The number of piperazine rings is 1. The third-order valence-electron chi connectivity index (χ3n) is 3.63. The zero-order chi connectivity index (χ0) is 16.2. The van der Waals surface area contributed by atoms with E-state index in [1.165, 1.54) is 0 Å². The number of carbonyl (C=O) groups excluding carboxylic acids is 1. The Bertz CT molecular complexity index is 674. The van der Waals surface area contributed by atoms with Crippen LogP contribution in [0.25, 0.3) is 0 Å². The van der Waals surface area contributed by atoms with E-state index in [2.05, 4.69) is 36.0 Å². The third kappa shape index (κ3) is 4.44. The molecular formula is C15H16BrClN4OS. The van der Waals surface area contributed by atoms with Gasteiger partial charge in [-0.2, -0.15) is 0 Å². The van der Waals surface area contributed by atoms with Crippen molar-refractivity contribution in [2.45, 2.75) is 0 Å². The van der Waals surface area contributed by atoms with E-state index < -0.39 is 0 Å². The molecule has 0 atom stereocenters. The van der Waals surface area contributed by atoms with Crippen molar-refractivity contribution in [1.82, 2.24) is 9.88 Å². The van der Waals surface area contributed by atoms with Gasteiger partial charge in [-0.05, 0) is 18.2 Å². The van der Waals surface area contributed by atoms with Crippen LogP contribution in [0.3, 0.4) is 0 Å². The molecule has 2 heterocycles. The van der Waals surface area contributed by atoms with Gasteiger partial charge in [0.15, 0.2) is 5.13 Å². The fourth-order valence-electron chi connectivity index (χ4n) is 2.45. The van der Waals surface area contributed by atoms with Gasteiger partial charge in [0.25, 0.3) is 0 Å². The van der Waals surface area contributed by atoms with Gasteiger partial charge in [0.2, 0.25) is 5.91 Å². The molecule has 1 aliphatic heterocycles. The number of aromatic nitrogens is 1. The van der Waals surface area contributed by atoms with Crippen molar-refractivity contribution < 1.29 is 4.79 Å². The molecule has 0 spiro atoms. The maximum atomic E-state index is 12.2. The highest BCUT2D eigenvalue weighted by molar-refractivity contribution is 9.10. The molecule has 5 nitrogen and oxygen atoms in total. The molecule has 1 aromatic heterocycles. The molecule has 3 rings (SSSR count). The van der Waals surface area contributed by atoms with E-state index in [1.54, 1.807) is 23.5 Å². The van der Waals surface area contributed by atoms with Gasteiger partial charge in [0.1, 0.15) is 0 Å². The predicted octanol–water partition coefficient (Wildman–Crippen LogP) is 3.32. The highest BCUT2D eigenvalue weighted by Gasteiger charge is 2.20. The summed E-state index contributed by atoms with van der Waals surface area (Å²) in [5, 5.41) is 6.43. The Labute approximate surface area is 152 Å². The summed E-state index contributed by atoms with van der Waals surface area (Å²) in [6.45, 7) is 3.85. The fraction of sp³-hybridized carbons (Fsp3) is 0.333. The first-order valence-corrected chi connectivity index (χ1v) is 9.28. The SMILES string of the molecule is O=C(CN1CCN(c2nccs2)CC1)Nc1ccc(Br)cc1Cl. The lowest BCUT2D eigenvalue weighted by Crippen LogP contribution is -2.48. The molecule has 0 unspecified atom stereocenters. The topological polar surface area (TPSA) is 48.5 Å². The summed E-state index contributed by atoms with van der Waals surface area (Å²) >= 11 is 11.1. The minimum absolute atomic E-state index is 0.0445. The molecule has 0 bridgehead atoms. The molecule has 8 heteroatoms. The van der Waals surface area contributed by atoms with Crippen LogP contribution in [0.15, 0.2) is 34.2 Å². The lowest BCUT2D eigenvalue weighted by atomic mass is 10.3. The second-order valence-electron chi connectivity index (χ2n) is 5.25. The number of anilines is 2. The zero-order valence-corrected chi connectivity index (χ0v) is 15.5. The van der Waals surface area contributed by atoms with Gasteiger partial charge in [-0.3, -0.25) is 9.69 Å².